The van der Waals surface area contributed by atoms with Crippen LogP contribution in [0.15, 0.2) is 0 Å². The van der Waals surface area contributed by atoms with E-state index in [9.17, 15) is 14.4 Å². The van der Waals surface area contributed by atoms with Gasteiger partial charge in [-0.15, -0.1) is 11.6 Å². The highest BCUT2D eigenvalue weighted by molar-refractivity contribution is 6.19. The van der Waals surface area contributed by atoms with Crippen LogP contribution in [0.25, 0.3) is 0 Å². The minimum absolute atomic E-state index is 0.0570. The third-order valence-corrected chi connectivity index (χ3v) is 1.77. The van der Waals surface area contributed by atoms with E-state index in [4.69, 9.17) is 17.3 Å². The summed E-state index contributed by atoms with van der Waals surface area (Å²) in [4.78, 5) is 34.1. The molecule has 4 amide bonds. The standard InChI is InChI=1S/C8H14ClN3O3/c1-2-12(5-6(10)13)8(15)11-7(14)3-4-9/h2-5H2,1H3,(H2,10,13)(H,11,14,15). The summed E-state index contributed by atoms with van der Waals surface area (Å²) in [7, 11) is 0. The molecule has 7 heteroatoms. The van der Waals surface area contributed by atoms with Crippen molar-refractivity contribution in [1.29, 1.82) is 0 Å². The first-order valence-corrected chi connectivity index (χ1v) is 4.97. The van der Waals surface area contributed by atoms with Crippen molar-refractivity contribution in [2.45, 2.75) is 13.3 Å². The molecule has 0 saturated carbocycles. The minimum Gasteiger partial charge on any atom is -0.368 e. The fraction of sp³-hybridized carbons (Fsp3) is 0.625. The first-order chi connectivity index (χ1) is 7.01. The van der Waals surface area contributed by atoms with Crippen LogP contribution in [0.1, 0.15) is 13.3 Å². The molecule has 0 atom stereocenters. The molecular formula is C8H14ClN3O3. The van der Waals surface area contributed by atoms with E-state index in [1.165, 1.54) is 0 Å². The van der Waals surface area contributed by atoms with Gasteiger partial charge >= 0.3 is 6.03 Å². The van der Waals surface area contributed by atoms with Crippen molar-refractivity contribution >= 4 is 29.4 Å². The van der Waals surface area contributed by atoms with Gasteiger partial charge in [-0.05, 0) is 6.92 Å². The first-order valence-electron chi connectivity index (χ1n) is 4.44. The van der Waals surface area contributed by atoms with E-state index in [2.05, 4.69) is 5.32 Å². The zero-order valence-corrected chi connectivity index (χ0v) is 9.21. The molecule has 86 valence electrons. The molecule has 0 aromatic rings. The van der Waals surface area contributed by atoms with Gasteiger partial charge in [0.1, 0.15) is 6.54 Å². The molecule has 0 saturated heterocycles. The molecule has 0 heterocycles. The van der Waals surface area contributed by atoms with Crippen molar-refractivity contribution in [3.05, 3.63) is 0 Å². The molecule has 0 spiro atoms. The Hall–Kier alpha value is -1.30. The Kier molecular flexibility index (Phi) is 6.44. The number of primary amides is 1. The number of urea groups is 1. The minimum atomic E-state index is -0.633. The summed E-state index contributed by atoms with van der Waals surface area (Å²) in [5.41, 5.74) is 4.93. The van der Waals surface area contributed by atoms with Crippen LogP contribution in [0.4, 0.5) is 4.79 Å². The van der Waals surface area contributed by atoms with Crippen LogP contribution in [0, 0.1) is 0 Å². The molecule has 0 aliphatic rings. The van der Waals surface area contributed by atoms with Gasteiger partial charge in [-0.2, -0.15) is 0 Å². The van der Waals surface area contributed by atoms with E-state index in [-0.39, 0.29) is 18.8 Å². The lowest BCUT2D eigenvalue weighted by Gasteiger charge is -2.18. The first kappa shape index (κ1) is 13.7. The third-order valence-electron chi connectivity index (χ3n) is 1.58. The molecule has 0 aliphatic heterocycles. The summed E-state index contributed by atoms with van der Waals surface area (Å²) in [5, 5.41) is 2.09. The van der Waals surface area contributed by atoms with Crippen LogP contribution in [0.2, 0.25) is 0 Å². The van der Waals surface area contributed by atoms with Gasteiger partial charge in [-0.1, -0.05) is 0 Å². The predicted molar refractivity (Wildman–Crippen MR) is 55.3 cm³/mol. The maximum absolute atomic E-state index is 11.3. The quantitative estimate of drug-likeness (QED) is 0.639. The number of hydrogen-bond donors (Lipinski definition) is 2. The van der Waals surface area contributed by atoms with Crippen molar-refractivity contribution in [2.75, 3.05) is 19.0 Å². The predicted octanol–water partition coefficient (Wildman–Crippen LogP) is -0.341. The Morgan fingerprint density at radius 2 is 2.00 bits per heavy atom. The number of hydrogen-bond acceptors (Lipinski definition) is 3. The van der Waals surface area contributed by atoms with E-state index in [0.29, 0.717) is 6.54 Å². The molecule has 0 rings (SSSR count). The fourth-order valence-electron chi connectivity index (χ4n) is 0.862. The lowest BCUT2D eigenvalue weighted by Crippen LogP contribution is -2.46. The highest BCUT2D eigenvalue weighted by atomic mass is 35.5. The van der Waals surface area contributed by atoms with Gasteiger partial charge < -0.3 is 10.6 Å². The van der Waals surface area contributed by atoms with Gasteiger partial charge in [0, 0.05) is 18.8 Å². The maximum atomic E-state index is 11.3. The Morgan fingerprint density at radius 3 is 2.40 bits per heavy atom. The molecule has 0 aromatic heterocycles. The molecule has 15 heavy (non-hydrogen) atoms. The number of carbonyl (C=O) groups excluding carboxylic acids is 3. The number of amides is 4. The monoisotopic (exact) mass is 235 g/mol. The number of rotatable bonds is 5. The Morgan fingerprint density at radius 1 is 1.40 bits per heavy atom. The van der Waals surface area contributed by atoms with Gasteiger partial charge in [0.2, 0.25) is 11.8 Å². The number of imide groups is 1. The van der Waals surface area contributed by atoms with E-state index in [0.717, 1.165) is 4.90 Å². The summed E-state index contributed by atoms with van der Waals surface area (Å²) in [6, 6.07) is -0.633. The highest BCUT2D eigenvalue weighted by Gasteiger charge is 2.15. The smallest absolute Gasteiger partial charge is 0.324 e. The number of nitrogens with one attached hydrogen (secondary N) is 1. The molecule has 0 radical (unpaired) electrons. The van der Waals surface area contributed by atoms with Crippen LogP contribution in [0.5, 0.6) is 0 Å². The largest absolute Gasteiger partial charge is 0.368 e. The number of halogens is 1. The summed E-state index contributed by atoms with van der Waals surface area (Å²) in [6.07, 6.45) is 0.0570. The zero-order chi connectivity index (χ0) is 11.8. The van der Waals surface area contributed by atoms with E-state index < -0.39 is 17.8 Å². The fourth-order valence-corrected chi connectivity index (χ4v) is 1.03. The number of nitrogens with zero attached hydrogens (tertiary/aromatic N) is 1. The molecule has 0 fully saturated rings. The molecule has 3 N–H and O–H groups in total. The molecule has 6 nitrogen and oxygen atoms in total. The Balaban J connectivity index is 4.15. The third kappa shape index (κ3) is 5.90. The van der Waals surface area contributed by atoms with Crippen molar-refractivity contribution in [2.24, 2.45) is 5.73 Å². The van der Waals surface area contributed by atoms with Crippen LogP contribution < -0.4 is 11.1 Å². The number of carbonyl (C=O) groups is 3. The van der Waals surface area contributed by atoms with Crippen molar-refractivity contribution in [3.8, 4) is 0 Å². The Bertz CT molecular complexity index is 258. The molecule has 0 aliphatic carbocycles. The summed E-state index contributed by atoms with van der Waals surface area (Å²) >= 11 is 5.32. The average Bonchev–Trinajstić information content (AvgIpc) is 2.13. The second-order valence-electron chi connectivity index (χ2n) is 2.77. The average molecular weight is 236 g/mol. The van der Waals surface area contributed by atoms with Gasteiger partial charge in [0.25, 0.3) is 0 Å². The number of nitrogens with two attached hydrogens (primary N) is 1. The van der Waals surface area contributed by atoms with Gasteiger partial charge in [0.15, 0.2) is 0 Å². The van der Waals surface area contributed by atoms with Crippen molar-refractivity contribution in [1.82, 2.24) is 10.2 Å². The van der Waals surface area contributed by atoms with Crippen LogP contribution in [-0.2, 0) is 9.59 Å². The molecular weight excluding hydrogens is 222 g/mol. The number of likely N-dealkylation sites (N-methyl/N-ethyl adjacent to an activating group) is 1. The lowest BCUT2D eigenvalue weighted by atomic mass is 10.4. The lowest BCUT2D eigenvalue weighted by molar-refractivity contribution is -0.121. The van der Waals surface area contributed by atoms with Crippen LogP contribution >= 0.6 is 11.6 Å². The molecule has 0 bridgehead atoms. The Labute approximate surface area is 92.7 Å². The summed E-state index contributed by atoms with van der Waals surface area (Å²) in [5.74, 6) is -0.962. The molecule has 0 aromatic carbocycles. The highest BCUT2D eigenvalue weighted by Crippen LogP contribution is 1.90. The van der Waals surface area contributed by atoms with E-state index in [1.807, 2.05) is 0 Å². The molecule has 0 unspecified atom stereocenters. The van der Waals surface area contributed by atoms with Crippen LogP contribution in [-0.4, -0.2) is 41.7 Å². The van der Waals surface area contributed by atoms with Gasteiger partial charge in [-0.25, -0.2) is 4.79 Å². The summed E-state index contributed by atoms with van der Waals surface area (Å²) in [6.45, 7) is 1.76. The second-order valence-corrected chi connectivity index (χ2v) is 3.15. The SMILES string of the molecule is CCN(CC(N)=O)C(=O)NC(=O)CCCl. The van der Waals surface area contributed by atoms with Gasteiger partial charge in [0.05, 0.1) is 0 Å². The zero-order valence-electron chi connectivity index (χ0n) is 8.46. The van der Waals surface area contributed by atoms with E-state index >= 15 is 0 Å². The summed E-state index contributed by atoms with van der Waals surface area (Å²) < 4.78 is 0. The maximum Gasteiger partial charge on any atom is 0.324 e. The number of alkyl halides is 1. The van der Waals surface area contributed by atoms with Crippen LogP contribution in [0.3, 0.4) is 0 Å². The van der Waals surface area contributed by atoms with Crippen molar-refractivity contribution in [3.63, 3.8) is 0 Å². The second kappa shape index (κ2) is 7.05. The van der Waals surface area contributed by atoms with Gasteiger partial charge in [-0.3, -0.25) is 14.9 Å². The van der Waals surface area contributed by atoms with E-state index in [1.54, 1.807) is 6.92 Å². The normalized spacial score (nSPS) is 9.47. The topological polar surface area (TPSA) is 92.5 Å². The van der Waals surface area contributed by atoms with Crippen molar-refractivity contribution < 1.29 is 14.4 Å².